The fraction of sp³-hybridized carbons (Fsp3) is 0.368. The van der Waals surface area contributed by atoms with Gasteiger partial charge in [-0.05, 0) is 79.6 Å². The molecule has 0 aliphatic heterocycles. The lowest BCUT2D eigenvalue weighted by molar-refractivity contribution is 0.614. The third-order valence-electron chi connectivity index (χ3n) is 4.39. The fourth-order valence-corrected chi connectivity index (χ4v) is 3.39. The predicted molar refractivity (Wildman–Crippen MR) is 85.1 cm³/mol. The Labute approximate surface area is 126 Å². The van der Waals surface area contributed by atoms with Gasteiger partial charge in [0.15, 0.2) is 0 Å². The Morgan fingerprint density at radius 2 is 1.71 bits per heavy atom. The van der Waals surface area contributed by atoms with Crippen molar-refractivity contribution in [2.24, 2.45) is 0 Å². The second kappa shape index (κ2) is 5.98. The zero-order chi connectivity index (χ0) is 14.8. The van der Waals surface area contributed by atoms with Gasteiger partial charge in [0.1, 0.15) is 5.82 Å². The van der Waals surface area contributed by atoms with Gasteiger partial charge in [-0.2, -0.15) is 0 Å². The van der Waals surface area contributed by atoms with Gasteiger partial charge < -0.3 is 5.32 Å². The summed E-state index contributed by atoms with van der Waals surface area (Å²) >= 11 is 0. The summed E-state index contributed by atoms with van der Waals surface area (Å²) in [4.78, 5) is 0. The first-order chi connectivity index (χ1) is 10.2. The summed E-state index contributed by atoms with van der Waals surface area (Å²) in [5.74, 6) is -0.164. The van der Waals surface area contributed by atoms with Gasteiger partial charge in [0.2, 0.25) is 0 Å². The van der Waals surface area contributed by atoms with E-state index in [2.05, 4.69) is 29.6 Å². The van der Waals surface area contributed by atoms with Crippen molar-refractivity contribution in [1.29, 1.82) is 0 Å². The van der Waals surface area contributed by atoms with Gasteiger partial charge in [0, 0.05) is 0 Å². The zero-order valence-corrected chi connectivity index (χ0v) is 12.7. The van der Waals surface area contributed by atoms with Crippen LogP contribution in [-0.4, -0.2) is 7.05 Å². The molecule has 1 aliphatic rings. The Balaban J connectivity index is 1.99. The van der Waals surface area contributed by atoms with Crippen LogP contribution in [0.4, 0.5) is 4.39 Å². The molecule has 0 fully saturated rings. The third-order valence-corrected chi connectivity index (χ3v) is 4.39. The molecule has 2 heteroatoms. The maximum Gasteiger partial charge on any atom is 0.123 e. The molecule has 0 spiro atoms. The van der Waals surface area contributed by atoms with Gasteiger partial charge in [0.25, 0.3) is 0 Å². The molecular weight excluding hydrogens is 261 g/mol. The second-order valence-corrected chi connectivity index (χ2v) is 6.02. The molecule has 0 saturated heterocycles. The molecule has 0 amide bonds. The van der Waals surface area contributed by atoms with Gasteiger partial charge in [-0.15, -0.1) is 0 Å². The summed E-state index contributed by atoms with van der Waals surface area (Å²) in [6, 6.07) is 12.0. The molecule has 1 N–H and O–H groups in total. The van der Waals surface area contributed by atoms with E-state index in [1.54, 1.807) is 12.1 Å². The number of halogens is 1. The van der Waals surface area contributed by atoms with Crippen LogP contribution in [0.15, 0.2) is 36.4 Å². The minimum atomic E-state index is -0.164. The number of nitrogens with one attached hydrogen (secondary N) is 1. The number of hydrogen-bond donors (Lipinski definition) is 1. The van der Waals surface area contributed by atoms with E-state index in [0.717, 1.165) is 11.1 Å². The first-order valence-electron chi connectivity index (χ1n) is 7.73. The van der Waals surface area contributed by atoms with Gasteiger partial charge >= 0.3 is 0 Å². The molecule has 1 nitrogen and oxygen atoms in total. The standard InChI is InChI=1S/C19H22FN/c1-13-9-17(12-18(20)10-13)19(21-2)16-8-7-14-5-3-4-6-15(14)11-16/h7-12,19,21H,3-6H2,1-2H3. The average Bonchev–Trinajstić information content (AvgIpc) is 2.47. The summed E-state index contributed by atoms with van der Waals surface area (Å²) in [5.41, 5.74) is 6.12. The second-order valence-electron chi connectivity index (χ2n) is 6.02. The van der Waals surface area contributed by atoms with E-state index in [-0.39, 0.29) is 11.9 Å². The quantitative estimate of drug-likeness (QED) is 0.884. The first kappa shape index (κ1) is 14.3. The normalized spacial score (nSPS) is 15.6. The lowest BCUT2D eigenvalue weighted by Gasteiger charge is -2.22. The zero-order valence-electron chi connectivity index (χ0n) is 12.7. The Morgan fingerprint density at radius 1 is 0.952 bits per heavy atom. The highest BCUT2D eigenvalue weighted by Crippen LogP contribution is 2.28. The Morgan fingerprint density at radius 3 is 2.43 bits per heavy atom. The van der Waals surface area contributed by atoms with E-state index in [1.807, 2.05) is 14.0 Å². The topological polar surface area (TPSA) is 12.0 Å². The summed E-state index contributed by atoms with van der Waals surface area (Å²) in [7, 11) is 1.93. The lowest BCUT2D eigenvalue weighted by atomic mass is 9.87. The summed E-state index contributed by atoms with van der Waals surface area (Å²) in [6.07, 6.45) is 4.94. The lowest BCUT2D eigenvalue weighted by Crippen LogP contribution is -2.18. The fourth-order valence-electron chi connectivity index (χ4n) is 3.39. The van der Waals surface area contributed by atoms with Crippen LogP contribution in [0.2, 0.25) is 0 Å². The minimum Gasteiger partial charge on any atom is -0.309 e. The van der Waals surface area contributed by atoms with E-state index in [9.17, 15) is 4.39 Å². The highest BCUT2D eigenvalue weighted by atomic mass is 19.1. The smallest absolute Gasteiger partial charge is 0.123 e. The molecule has 110 valence electrons. The van der Waals surface area contributed by atoms with Crippen LogP contribution in [0.3, 0.4) is 0 Å². The molecule has 2 aromatic carbocycles. The molecule has 1 unspecified atom stereocenters. The molecule has 3 rings (SSSR count). The number of aryl methyl sites for hydroxylation is 3. The molecule has 0 radical (unpaired) electrons. The Kier molecular flexibility index (Phi) is 4.07. The minimum absolute atomic E-state index is 0.0478. The van der Waals surface area contributed by atoms with E-state index < -0.39 is 0 Å². The first-order valence-corrected chi connectivity index (χ1v) is 7.73. The van der Waals surface area contributed by atoms with E-state index in [1.165, 1.54) is 42.4 Å². The van der Waals surface area contributed by atoms with Crippen molar-refractivity contribution in [1.82, 2.24) is 5.32 Å². The van der Waals surface area contributed by atoms with Crippen molar-refractivity contribution in [3.8, 4) is 0 Å². The van der Waals surface area contributed by atoms with Crippen molar-refractivity contribution < 1.29 is 4.39 Å². The summed E-state index contributed by atoms with van der Waals surface area (Å²) in [6.45, 7) is 1.94. The van der Waals surface area contributed by atoms with Crippen molar-refractivity contribution in [3.63, 3.8) is 0 Å². The van der Waals surface area contributed by atoms with Gasteiger partial charge in [0.05, 0.1) is 6.04 Å². The molecular formula is C19H22FN. The van der Waals surface area contributed by atoms with Crippen molar-refractivity contribution >= 4 is 0 Å². The predicted octanol–water partition coefficient (Wildman–Crippen LogP) is 4.32. The maximum absolute atomic E-state index is 13.7. The highest BCUT2D eigenvalue weighted by Gasteiger charge is 2.16. The molecule has 1 atom stereocenters. The van der Waals surface area contributed by atoms with E-state index in [0.29, 0.717) is 0 Å². The molecule has 0 saturated carbocycles. The number of fused-ring (bicyclic) bond motifs is 1. The SMILES string of the molecule is CNC(c1cc(C)cc(F)c1)c1ccc2c(c1)CCCC2. The highest BCUT2D eigenvalue weighted by molar-refractivity contribution is 5.40. The number of hydrogen-bond acceptors (Lipinski definition) is 1. The maximum atomic E-state index is 13.7. The van der Waals surface area contributed by atoms with Crippen LogP contribution in [0.25, 0.3) is 0 Å². The third kappa shape index (κ3) is 3.01. The van der Waals surface area contributed by atoms with Gasteiger partial charge in [-0.25, -0.2) is 4.39 Å². The molecule has 21 heavy (non-hydrogen) atoms. The number of benzene rings is 2. The van der Waals surface area contributed by atoms with Gasteiger partial charge in [-0.1, -0.05) is 24.3 Å². The molecule has 0 aromatic heterocycles. The van der Waals surface area contributed by atoms with Crippen LogP contribution in [-0.2, 0) is 12.8 Å². The molecule has 1 aliphatic carbocycles. The van der Waals surface area contributed by atoms with Crippen molar-refractivity contribution in [2.45, 2.75) is 38.6 Å². The van der Waals surface area contributed by atoms with Crippen LogP contribution in [0.5, 0.6) is 0 Å². The van der Waals surface area contributed by atoms with Crippen LogP contribution >= 0.6 is 0 Å². The Hall–Kier alpha value is -1.67. The average molecular weight is 283 g/mol. The van der Waals surface area contributed by atoms with E-state index >= 15 is 0 Å². The van der Waals surface area contributed by atoms with E-state index in [4.69, 9.17) is 0 Å². The van der Waals surface area contributed by atoms with Crippen molar-refractivity contribution in [2.75, 3.05) is 7.05 Å². The number of rotatable bonds is 3. The molecule has 0 bridgehead atoms. The monoisotopic (exact) mass is 283 g/mol. The molecule has 2 aromatic rings. The van der Waals surface area contributed by atoms with Crippen LogP contribution in [0.1, 0.15) is 46.7 Å². The van der Waals surface area contributed by atoms with Crippen molar-refractivity contribution in [3.05, 3.63) is 70.0 Å². The Bertz CT molecular complexity index is 628. The van der Waals surface area contributed by atoms with Gasteiger partial charge in [-0.3, -0.25) is 0 Å². The largest absolute Gasteiger partial charge is 0.309 e. The summed E-state index contributed by atoms with van der Waals surface area (Å²) < 4.78 is 13.7. The summed E-state index contributed by atoms with van der Waals surface area (Å²) in [5, 5.41) is 3.33. The van der Waals surface area contributed by atoms with Crippen LogP contribution < -0.4 is 5.32 Å². The van der Waals surface area contributed by atoms with Crippen LogP contribution in [0, 0.1) is 12.7 Å². The molecule has 0 heterocycles.